The van der Waals surface area contributed by atoms with Crippen LogP contribution in [0.4, 0.5) is 5.82 Å². The second kappa shape index (κ2) is 5.63. The summed E-state index contributed by atoms with van der Waals surface area (Å²) in [7, 11) is 3.97. The first kappa shape index (κ1) is 13.1. The predicted molar refractivity (Wildman–Crippen MR) is 78.6 cm³/mol. The first-order valence-electron chi connectivity index (χ1n) is 7.03. The van der Waals surface area contributed by atoms with Crippen LogP contribution < -0.4 is 4.90 Å². The average molecular weight is 272 g/mol. The minimum absolute atomic E-state index is 0.0894. The van der Waals surface area contributed by atoms with Crippen LogP contribution in [-0.2, 0) is 4.74 Å². The zero-order chi connectivity index (χ0) is 13.9. The van der Waals surface area contributed by atoms with E-state index in [-0.39, 0.29) is 6.23 Å². The van der Waals surface area contributed by atoms with Crippen molar-refractivity contribution >= 4 is 5.82 Å². The molecular formula is C15H20N4O. The molecule has 0 N–H and O–H groups in total. The van der Waals surface area contributed by atoms with Gasteiger partial charge in [-0.25, -0.2) is 9.67 Å². The highest BCUT2D eigenvalue weighted by Crippen LogP contribution is 2.25. The standard InChI is InChI=1S/C15H20N4O/c1-18(2)14-7-6-12(9-16-14)13-10-17-19(11-13)15-5-3-4-8-20-15/h6-7,9-11,15H,3-5,8H2,1-2H3/t15-/m0/s1. The third-order valence-electron chi connectivity index (χ3n) is 3.59. The van der Waals surface area contributed by atoms with Crippen molar-refractivity contribution in [1.29, 1.82) is 0 Å². The molecule has 20 heavy (non-hydrogen) atoms. The Morgan fingerprint density at radius 2 is 2.10 bits per heavy atom. The molecule has 1 fully saturated rings. The van der Waals surface area contributed by atoms with E-state index in [0.717, 1.165) is 36.4 Å². The largest absolute Gasteiger partial charge is 0.363 e. The molecule has 1 saturated heterocycles. The van der Waals surface area contributed by atoms with Gasteiger partial charge < -0.3 is 9.64 Å². The van der Waals surface area contributed by atoms with Crippen molar-refractivity contribution in [3.8, 4) is 11.1 Å². The number of anilines is 1. The van der Waals surface area contributed by atoms with Gasteiger partial charge >= 0.3 is 0 Å². The molecule has 2 aromatic rings. The van der Waals surface area contributed by atoms with Crippen LogP contribution in [0, 0.1) is 0 Å². The Morgan fingerprint density at radius 1 is 1.20 bits per heavy atom. The number of hydrogen-bond donors (Lipinski definition) is 0. The van der Waals surface area contributed by atoms with E-state index in [2.05, 4.69) is 16.1 Å². The van der Waals surface area contributed by atoms with Crippen LogP contribution >= 0.6 is 0 Å². The molecule has 3 heterocycles. The minimum Gasteiger partial charge on any atom is -0.363 e. The van der Waals surface area contributed by atoms with Crippen molar-refractivity contribution < 1.29 is 4.74 Å². The Balaban J connectivity index is 1.78. The van der Waals surface area contributed by atoms with Crippen molar-refractivity contribution in [2.45, 2.75) is 25.5 Å². The summed E-state index contributed by atoms with van der Waals surface area (Å²) in [4.78, 5) is 6.42. The molecule has 0 aliphatic carbocycles. The summed E-state index contributed by atoms with van der Waals surface area (Å²) in [6.45, 7) is 0.832. The zero-order valence-corrected chi connectivity index (χ0v) is 12.0. The lowest BCUT2D eigenvalue weighted by molar-refractivity contribution is -0.0394. The van der Waals surface area contributed by atoms with Gasteiger partial charge in [-0.15, -0.1) is 0 Å². The minimum atomic E-state index is 0.0894. The van der Waals surface area contributed by atoms with Crippen molar-refractivity contribution in [3.63, 3.8) is 0 Å². The molecule has 3 rings (SSSR count). The molecule has 0 bridgehead atoms. The van der Waals surface area contributed by atoms with Crippen LogP contribution in [0.1, 0.15) is 25.5 Å². The maximum Gasteiger partial charge on any atom is 0.150 e. The van der Waals surface area contributed by atoms with Crippen LogP contribution in [0.15, 0.2) is 30.7 Å². The van der Waals surface area contributed by atoms with Gasteiger partial charge in [-0.3, -0.25) is 0 Å². The molecule has 0 unspecified atom stereocenters. The lowest BCUT2D eigenvalue weighted by Gasteiger charge is -2.22. The van der Waals surface area contributed by atoms with E-state index in [9.17, 15) is 0 Å². The molecule has 2 aromatic heterocycles. The van der Waals surface area contributed by atoms with E-state index in [1.165, 1.54) is 6.42 Å². The average Bonchev–Trinajstić information content (AvgIpc) is 2.98. The van der Waals surface area contributed by atoms with E-state index in [0.29, 0.717) is 0 Å². The van der Waals surface area contributed by atoms with Crippen molar-refractivity contribution in [3.05, 3.63) is 30.7 Å². The Kier molecular flexibility index (Phi) is 3.69. The van der Waals surface area contributed by atoms with Crippen molar-refractivity contribution in [1.82, 2.24) is 14.8 Å². The van der Waals surface area contributed by atoms with Gasteiger partial charge in [0.1, 0.15) is 12.0 Å². The lowest BCUT2D eigenvalue weighted by atomic mass is 10.1. The summed E-state index contributed by atoms with van der Waals surface area (Å²) >= 11 is 0. The first-order valence-corrected chi connectivity index (χ1v) is 7.03. The number of ether oxygens (including phenoxy) is 1. The molecule has 5 heteroatoms. The van der Waals surface area contributed by atoms with Crippen LogP contribution in [-0.4, -0.2) is 35.5 Å². The summed E-state index contributed by atoms with van der Waals surface area (Å²) in [6, 6.07) is 4.09. The summed E-state index contributed by atoms with van der Waals surface area (Å²) in [5, 5.41) is 4.43. The first-order chi connectivity index (χ1) is 9.74. The van der Waals surface area contributed by atoms with Crippen LogP contribution in [0.5, 0.6) is 0 Å². The van der Waals surface area contributed by atoms with Crippen molar-refractivity contribution in [2.24, 2.45) is 0 Å². The molecular weight excluding hydrogens is 252 g/mol. The maximum absolute atomic E-state index is 5.74. The SMILES string of the molecule is CN(C)c1ccc(-c2cnn([C@@H]3CCCCO3)c2)cn1. The highest BCUT2D eigenvalue weighted by Gasteiger charge is 2.16. The summed E-state index contributed by atoms with van der Waals surface area (Å²) < 4.78 is 7.67. The van der Waals surface area contributed by atoms with Crippen LogP contribution in [0.2, 0.25) is 0 Å². The Hall–Kier alpha value is -1.88. The van der Waals surface area contributed by atoms with E-state index < -0.39 is 0 Å². The second-order valence-corrected chi connectivity index (χ2v) is 5.33. The fraction of sp³-hybridized carbons (Fsp3) is 0.467. The number of aromatic nitrogens is 3. The quantitative estimate of drug-likeness (QED) is 0.861. The molecule has 0 aromatic carbocycles. The van der Waals surface area contributed by atoms with E-state index in [1.807, 2.05) is 48.3 Å². The monoisotopic (exact) mass is 272 g/mol. The van der Waals surface area contributed by atoms with Crippen LogP contribution in [0.3, 0.4) is 0 Å². The highest BCUT2D eigenvalue weighted by atomic mass is 16.5. The van der Waals surface area contributed by atoms with Gasteiger partial charge in [0.2, 0.25) is 0 Å². The molecule has 0 radical (unpaired) electrons. The fourth-order valence-electron chi connectivity index (χ4n) is 2.40. The van der Waals surface area contributed by atoms with Gasteiger partial charge in [0.05, 0.1) is 6.20 Å². The fourth-order valence-corrected chi connectivity index (χ4v) is 2.40. The molecule has 1 aliphatic rings. The lowest BCUT2D eigenvalue weighted by Crippen LogP contribution is -2.18. The predicted octanol–water partition coefficient (Wildman–Crippen LogP) is 2.71. The van der Waals surface area contributed by atoms with Gasteiger partial charge in [-0.1, -0.05) is 0 Å². The van der Waals surface area contributed by atoms with Gasteiger partial charge in [-0.05, 0) is 31.4 Å². The Morgan fingerprint density at radius 3 is 2.75 bits per heavy atom. The van der Waals surface area contributed by atoms with E-state index >= 15 is 0 Å². The smallest absolute Gasteiger partial charge is 0.150 e. The van der Waals surface area contributed by atoms with Gasteiger partial charge in [0.25, 0.3) is 0 Å². The summed E-state index contributed by atoms with van der Waals surface area (Å²) in [5.41, 5.74) is 2.16. The second-order valence-electron chi connectivity index (χ2n) is 5.33. The number of hydrogen-bond acceptors (Lipinski definition) is 4. The third-order valence-corrected chi connectivity index (χ3v) is 3.59. The number of rotatable bonds is 3. The Labute approximate surface area is 119 Å². The zero-order valence-electron chi connectivity index (χ0n) is 12.0. The molecule has 0 saturated carbocycles. The molecule has 106 valence electrons. The normalized spacial score (nSPS) is 19.0. The third kappa shape index (κ3) is 2.67. The van der Waals surface area contributed by atoms with Gasteiger partial charge in [-0.2, -0.15) is 5.10 Å². The molecule has 5 nitrogen and oxygen atoms in total. The van der Waals surface area contributed by atoms with Crippen molar-refractivity contribution in [2.75, 3.05) is 25.6 Å². The van der Waals surface area contributed by atoms with E-state index in [4.69, 9.17) is 4.74 Å². The Bertz CT molecular complexity index is 556. The summed E-state index contributed by atoms with van der Waals surface area (Å²) in [6.07, 6.45) is 9.30. The highest BCUT2D eigenvalue weighted by molar-refractivity contribution is 5.62. The topological polar surface area (TPSA) is 43.2 Å². The number of pyridine rings is 1. The van der Waals surface area contributed by atoms with Gasteiger partial charge in [0, 0.05) is 44.2 Å². The molecule has 0 amide bonds. The number of nitrogens with zero attached hydrogens (tertiary/aromatic N) is 4. The van der Waals surface area contributed by atoms with Crippen LogP contribution in [0.25, 0.3) is 11.1 Å². The molecule has 0 spiro atoms. The molecule has 1 aliphatic heterocycles. The molecule has 1 atom stereocenters. The maximum atomic E-state index is 5.74. The van der Waals surface area contributed by atoms with Gasteiger partial charge in [0.15, 0.2) is 0 Å². The van der Waals surface area contributed by atoms with E-state index in [1.54, 1.807) is 0 Å². The summed E-state index contributed by atoms with van der Waals surface area (Å²) in [5.74, 6) is 0.955.